The first-order valence-electron chi connectivity index (χ1n) is 6.74. The summed E-state index contributed by atoms with van der Waals surface area (Å²) in [7, 11) is 0. The molecule has 0 amide bonds. The molecule has 19 heavy (non-hydrogen) atoms. The Labute approximate surface area is 128 Å². The number of benzene rings is 1. The van der Waals surface area contributed by atoms with Crippen molar-refractivity contribution in [3.63, 3.8) is 0 Å². The normalized spacial score (nSPS) is 12.6. The Balaban J connectivity index is 2.18. The molecule has 1 aromatic heterocycles. The van der Waals surface area contributed by atoms with Crippen molar-refractivity contribution >= 4 is 27.3 Å². The standard InChI is InChI=1S/C16H20BrNS/c1-3-9-18-15(11-13-7-5-4-6-8-13)16-14(17)10-12(2)19-16/h4-8,10,15,18H,3,9,11H2,1-2H3. The van der Waals surface area contributed by atoms with E-state index in [9.17, 15) is 0 Å². The minimum absolute atomic E-state index is 0.399. The maximum atomic E-state index is 3.69. The van der Waals surface area contributed by atoms with Crippen LogP contribution in [0.1, 0.15) is 34.7 Å². The summed E-state index contributed by atoms with van der Waals surface area (Å²) in [5.74, 6) is 0. The zero-order valence-electron chi connectivity index (χ0n) is 11.4. The molecule has 2 rings (SSSR count). The van der Waals surface area contributed by atoms with Crippen molar-refractivity contribution in [1.29, 1.82) is 0 Å². The van der Waals surface area contributed by atoms with Crippen LogP contribution in [0.4, 0.5) is 0 Å². The van der Waals surface area contributed by atoms with Gasteiger partial charge in [0.05, 0.1) is 0 Å². The van der Waals surface area contributed by atoms with Gasteiger partial charge in [0.2, 0.25) is 0 Å². The summed E-state index contributed by atoms with van der Waals surface area (Å²) < 4.78 is 1.24. The van der Waals surface area contributed by atoms with E-state index in [2.05, 4.69) is 71.5 Å². The molecule has 2 aromatic rings. The number of hydrogen-bond acceptors (Lipinski definition) is 2. The summed E-state index contributed by atoms with van der Waals surface area (Å²) in [5.41, 5.74) is 1.38. The van der Waals surface area contributed by atoms with Gasteiger partial charge in [0.15, 0.2) is 0 Å². The molecule has 3 heteroatoms. The van der Waals surface area contributed by atoms with Gasteiger partial charge in [-0.1, -0.05) is 37.3 Å². The Morgan fingerprint density at radius 1 is 1.26 bits per heavy atom. The highest BCUT2D eigenvalue weighted by molar-refractivity contribution is 9.10. The van der Waals surface area contributed by atoms with Crippen LogP contribution >= 0.6 is 27.3 Å². The molecular formula is C16H20BrNS. The molecule has 0 spiro atoms. The largest absolute Gasteiger partial charge is 0.309 e. The fourth-order valence-electron chi connectivity index (χ4n) is 2.16. The second kappa shape index (κ2) is 7.22. The van der Waals surface area contributed by atoms with Crippen LogP contribution in [0.15, 0.2) is 40.9 Å². The Kier molecular flexibility index (Phi) is 5.61. The number of rotatable bonds is 6. The molecule has 0 bridgehead atoms. The van der Waals surface area contributed by atoms with Gasteiger partial charge < -0.3 is 5.32 Å². The third-order valence-electron chi connectivity index (χ3n) is 3.08. The number of halogens is 1. The van der Waals surface area contributed by atoms with Gasteiger partial charge in [0.1, 0.15) is 0 Å². The lowest BCUT2D eigenvalue weighted by Gasteiger charge is -2.18. The van der Waals surface area contributed by atoms with Crippen LogP contribution < -0.4 is 5.32 Å². The van der Waals surface area contributed by atoms with Crippen molar-refractivity contribution < 1.29 is 0 Å². The van der Waals surface area contributed by atoms with Gasteiger partial charge in [-0.2, -0.15) is 0 Å². The molecule has 0 aliphatic rings. The van der Waals surface area contributed by atoms with E-state index in [0.717, 1.165) is 19.4 Å². The van der Waals surface area contributed by atoms with E-state index in [0.29, 0.717) is 6.04 Å². The number of thiophene rings is 1. The van der Waals surface area contributed by atoms with Crippen molar-refractivity contribution in [2.45, 2.75) is 32.7 Å². The average Bonchev–Trinajstić information content (AvgIpc) is 2.75. The van der Waals surface area contributed by atoms with Crippen LogP contribution in [0.3, 0.4) is 0 Å². The van der Waals surface area contributed by atoms with Crippen molar-refractivity contribution in [2.75, 3.05) is 6.54 Å². The summed E-state index contributed by atoms with van der Waals surface area (Å²) in [6, 6.07) is 13.3. The number of hydrogen-bond donors (Lipinski definition) is 1. The smallest absolute Gasteiger partial charge is 0.0467 e. The molecule has 1 atom stereocenters. The van der Waals surface area contributed by atoms with E-state index in [4.69, 9.17) is 0 Å². The maximum absolute atomic E-state index is 3.69. The van der Waals surface area contributed by atoms with Gasteiger partial charge >= 0.3 is 0 Å². The van der Waals surface area contributed by atoms with Crippen LogP contribution in [0.25, 0.3) is 0 Å². The fourth-order valence-corrected chi connectivity index (χ4v) is 4.17. The number of aryl methyl sites for hydroxylation is 1. The molecule has 1 N–H and O–H groups in total. The van der Waals surface area contributed by atoms with E-state index < -0.39 is 0 Å². The lowest BCUT2D eigenvalue weighted by Crippen LogP contribution is -2.23. The van der Waals surface area contributed by atoms with Crippen molar-refractivity contribution in [1.82, 2.24) is 5.32 Å². The van der Waals surface area contributed by atoms with Crippen LogP contribution in [0.2, 0.25) is 0 Å². The molecular weight excluding hydrogens is 318 g/mol. The lowest BCUT2D eigenvalue weighted by molar-refractivity contribution is 0.535. The first-order valence-corrected chi connectivity index (χ1v) is 8.34. The van der Waals surface area contributed by atoms with E-state index >= 15 is 0 Å². The summed E-state index contributed by atoms with van der Waals surface area (Å²) in [4.78, 5) is 2.77. The van der Waals surface area contributed by atoms with Crippen molar-refractivity contribution in [3.05, 3.63) is 56.2 Å². The quantitative estimate of drug-likeness (QED) is 0.772. The molecule has 0 saturated carbocycles. The third kappa shape index (κ3) is 4.16. The second-order valence-electron chi connectivity index (χ2n) is 4.77. The second-order valence-corrected chi connectivity index (χ2v) is 6.91. The predicted molar refractivity (Wildman–Crippen MR) is 87.9 cm³/mol. The van der Waals surface area contributed by atoms with Gasteiger partial charge in [-0.15, -0.1) is 11.3 Å². The lowest BCUT2D eigenvalue weighted by atomic mass is 10.0. The van der Waals surface area contributed by atoms with Gasteiger partial charge in [0.25, 0.3) is 0 Å². The Morgan fingerprint density at radius 2 is 2.00 bits per heavy atom. The van der Waals surface area contributed by atoms with Crippen molar-refractivity contribution in [3.8, 4) is 0 Å². The van der Waals surface area contributed by atoms with Crippen LogP contribution in [0, 0.1) is 6.92 Å². The monoisotopic (exact) mass is 337 g/mol. The molecule has 0 saturated heterocycles. The first kappa shape index (κ1) is 14.8. The maximum Gasteiger partial charge on any atom is 0.0467 e. The summed E-state index contributed by atoms with van der Waals surface area (Å²) in [5, 5.41) is 3.67. The minimum Gasteiger partial charge on any atom is -0.309 e. The first-order chi connectivity index (χ1) is 9.20. The van der Waals surface area contributed by atoms with Gasteiger partial charge in [-0.25, -0.2) is 0 Å². The van der Waals surface area contributed by atoms with Crippen molar-refractivity contribution in [2.24, 2.45) is 0 Å². The minimum atomic E-state index is 0.399. The van der Waals surface area contributed by atoms with Crippen LogP contribution in [-0.4, -0.2) is 6.54 Å². The summed E-state index contributed by atoms with van der Waals surface area (Å²) >= 11 is 5.58. The highest BCUT2D eigenvalue weighted by Gasteiger charge is 2.17. The van der Waals surface area contributed by atoms with Gasteiger partial charge in [0, 0.05) is 20.3 Å². The zero-order chi connectivity index (χ0) is 13.7. The molecule has 1 unspecified atom stereocenters. The molecule has 1 aromatic carbocycles. The highest BCUT2D eigenvalue weighted by Crippen LogP contribution is 2.33. The topological polar surface area (TPSA) is 12.0 Å². The fraction of sp³-hybridized carbons (Fsp3) is 0.375. The van der Waals surface area contributed by atoms with Crippen LogP contribution in [-0.2, 0) is 6.42 Å². The highest BCUT2D eigenvalue weighted by atomic mass is 79.9. The predicted octanol–water partition coefficient (Wildman–Crippen LogP) is 5.10. The summed E-state index contributed by atoms with van der Waals surface area (Å²) in [6.07, 6.45) is 2.20. The number of nitrogens with one attached hydrogen (secondary N) is 1. The van der Waals surface area contributed by atoms with E-state index in [1.807, 2.05) is 11.3 Å². The SMILES string of the molecule is CCCNC(Cc1ccccc1)c1sc(C)cc1Br. The molecule has 1 heterocycles. The third-order valence-corrected chi connectivity index (χ3v) is 5.16. The molecule has 0 aliphatic carbocycles. The Morgan fingerprint density at radius 3 is 2.58 bits per heavy atom. The van der Waals surface area contributed by atoms with Crippen LogP contribution in [0.5, 0.6) is 0 Å². The average molecular weight is 338 g/mol. The molecule has 0 aliphatic heterocycles. The van der Waals surface area contributed by atoms with Gasteiger partial charge in [-0.05, 0) is 53.9 Å². The molecule has 102 valence electrons. The Hall–Kier alpha value is -0.640. The Bertz CT molecular complexity index is 507. The van der Waals surface area contributed by atoms with E-state index in [-0.39, 0.29) is 0 Å². The molecule has 0 radical (unpaired) electrons. The van der Waals surface area contributed by atoms with E-state index in [1.165, 1.54) is 19.8 Å². The molecule has 0 fully saturated rings. The van der Waals surface area contributed by atoms with E-state index in [1.54, 1.807) is 0 Å². The van der Waals surface area contributed by atoms with Gasteiger partial charge in [-0.3, -0.25) is 0 Å². The summed E-state index contributed by atoms with van der Waals surface area (Å²) in [6.45, 7) is 5.43. The zero-order valence-corrected chi connectivity index (χ0v) is 13.9. The molecule has 1 nitrogen and oxygen atoms in total.